The minimum Gasteiger partial charge on any atom is -0.497 e. The van der Waals surface area contributed by atoms with E-state index in [2.05, 4.69) is 15.2 Å². The molecule has 0 spiro atoms. The third-order valence-electron chi connectivity index (χ3n) is 3.03. The molecule has 3 rings (SSSR count). The lowest BCUT2D eigenvalue weighted by molar-refractivity contribution is 0.415. The van der Waals surface area contributed by atoms with Crippen LogP contribution in [0, 0.1) is 0 Å². The largest absolute Gasteiger partial charge is 0.497 e. The summed E-state index contributed by atoms with van der Waals surface area (Å²) in [6, 6.07) is 15.2. The molecule has 0 atom stereocenters. The molecule has 0 aliphatic carbocycles. The van der Waals surface area contributed by atoms with E-state index >= 15 is 0 Å². The first-order valence-corrected chi connectivity index (χ1v) is 6.19. The number of rotatable bonds is 3. The zero-order valence-electron chi connectivity index (χ0n) is 11.0. The molecule has 0 aliphatic heterocycles. The second-order valence-electron chi connectivity index (χ2n) is 4.33. The number of H-pyrrole nitrogens is 1. The maximum atomic E-state index is 5.98. The van der Waals surface area contributed by atoms with E-state index in [1.165, 1.54) is 0 Å². The van der Waals surface area contributed by atoms with E-state index in [-0.39, 0.29) is 0 Å². The number of nitrogen functional groups attached to an aromatic ring is 1. The van der Waals surface area contributed by atoms with Gasteiger partial charge in [0, 0.05) is 16.8 Å². The lowest BCUT2D eigenvalue weighted by Gasteiger charge is -2.05. The summed E-state index contributed by atoms with van der Waals surface area (Å²) < 4.78 is 5.21. The summed E-state index contributed by atoms with van der Waals surface area (Å²) in [5.74, 6) is 2.00. The minimum atomic E-state index is 0.625. The molecule has 3 aromatic rings. The van der Waals surface area contributed by atoms with E-state index in [0.29, 0.717) is 17.3 Å². The van der Waals surface area contributed by atoms with Crippen LogP contribution in [0.1, 0.15) is 0 Å². The molecule has 0 saturated heterocycles. The summed E-state index contributed by atoms with van der Waals surface area (Å²) in [5, 5.41) is 7.14. The molecule has 0 aliphatic rings. The molecular formula is C15H14N4O. The predicted octanol–water partition coefficient (Wildman–Crippen LogP) is 2.73. The van der Waals surface area contributed by atoms with Crippen molar-refractivity contribution in [3.05, 3.63) is 48.5 Å². The summed E-state index contributed by atoms with van der Waals surface area (Å²) >= 11 is 0. The van der Waals surface area contributed by atoms with Gasteiger partial charge in [0.1, 0.15) is 5.75 Å². The zero-order chi connectivity index (χ0) is 13.9. The van der Waals surface area contributed by atoms with E-state index in [4.69, 9.17) is 10.5 Å². The molecular weight excluding hydrogens is 252 g/mol. The highest BCUT2D eigenvalue weighted by molar-refractivity contribution is 5.74. The Morgan fingerprint density at radius 1 is 1.10 bits per heavy atom. The van der Waals surface area contributed by atoms with E-state index in [0.717, 1.165) is 16.9 Å². The van der Waals surface area contributed by atoms with Crippen molar-refractivity contribution in [2.75, 3.05) is 12.8 Å². The normalized spacial score (nSPS) is 10.4. The van der Waals surface area contributed by atoms with Crippen molar-refractivity contribution in [3.63, 3.8) is 0 Å². The summed E-state index contributed by atoms with van der Waals surface area (Å²) in [6.07, 6.45) is 0. The number of benzene rings is 2. The average molecular weight is 266 g/mol. The molecule has 3 N–H and O–H groups in total. The number of hydrogen-bond acceptors (Lipinski definition) is 4. The summed E-state index contributed by atoms with van der Waals surface area (Å²) in [7, 11) is 1.62. The molecule has 0 amide bonds. The summed E-state index contributed by atoms with van der Waals surface area (Å²) in [5.41, 5.74) is 8.34. The van der Waals surface area contributed by atoms with Gasteiger partial charge in [-0.15, -0.1) is 0 Å². The Balaban J connectivity index is 2.02. The highest BCUT2D eigenvalue weighted by Gasteiger charge is 2.11. The second kappa shape index (κ2) is 5.05. The minimum absolute atomic E-state index is 0.625. The molecule has 2 aromatic carbocycles. The molecule has 5 heteroatoms. The number of aromatic amines is 1. The van der Waals surface area contributed by atoms with Crippen molar-refractivity contribution < 1.29 is 4.74 Å². The Morgan fingerprint density at radius 3 is 2.65 bits per heavy atom. The van der Waals surface area contributed by atoms with Crippen LogP contribution < -0.4 is 10.5 Å². The van der Waals surface area contributed by atoms with E-state index < -0.39 is 0 Å². The van der Waals surface area contributed by atoms with Crippen LogP contribution in [0.4, 0.5) is 5.69 Å². The van der Waals surface area contributed by atoms with Gasteiger partial charge < -0.3 is 10.5 Å². The highest BCUT2D eigenvalue weighted by atomic mass is 16.5. The van der Waals surface area contributed by atoms with Gasteiger partial charge in [-0.3, -0.25) is 5.10 Å². The van der Waals surface area contributed by atoms with Gasteiger partial charge in [0.05, 0.1) is 7.11 Å². The topological polar surface area (TPSA) is 76.8 Å². The Labute approximate surface area is 116 Å². The fourth-order valence-corrected chi connectivity index (χ4v) is 1.97. The van der Waals surface area contributed by atoms with Crippen LogP contribution in [-0.4, -0.2) is 22.3 Å². The third-order valence-corrected chi connectivity index (χ3v) is 3.03. The van der Waals surface area contributed by atoms with Crippen LogP contribution in [0.25, 0.3) is 22.8 Å². The first-order valence-electron chi connectivity index (χ1n) is 6.19. The number of nitrogens with two attached hydrogens (primary N) is 1. The molecule has 0 saturated carbocycles. The summed E-state index contributed by atoms with van der Waals surface area (Å²) in [4.78, 5) is 4.48. The van der Waals surface area contributed by atoms with E-state index in [9.17, 15) is 0 Å². The van der Waals surface area contributed by atoms with Crippen molar-refractivity contribution >= 4 is 5.69 Å². The second-order valence-corrected chi connectivity index (χ2v) is 4.33. The highest BCUT2D eigenvalue weighted by Crippen LogP contribution is 2.28. The SMILES string of the molecule is COc1ccc(N)c(-c2nc(-c3ccccc3)n[nH]2)c1. The van der Waals surface area contributed by atoms with Crippen LogP contribution in [0.5, 0.6) is 5.75 Å². The van der Waals surface area contributed by atoms with Crippen molar-refractivity contribution in [1.29, 1.82) is 0 Å². The molecule has 0 radical (unpaired) electrons. The van der Waals surface area contributed by atoms with Gasteiger partial charge in [0.2, 0.25) is 0 Å². The molecule has 20 heavy (non-hydrogen) atoms. The molecule has 100 valence electrons. The molecule has 0 fully saturated rings. The molecule has 1 heterocycles. The monoisotopic (exact) mass is 266 g/mol. The first kappa shape index (κ1) is 12.2. The number of methoxy groups -OCH3 is 1. The van der Waals surface area contributed by atoms with Gasteiger partial charge in [-0.2, -0.15) is 5.10 Å². The van der Waals surface area contributed by atoms with E-state index in [1.807, 2.05) is 42.5 Å². The fourth-order valence-electron chi connectivity index (χ4n) is 1.97. The van der Waals surface area contributed by atoms with Crippen LogP contribution >= 0.6 is 0 Å². The average Bonchev–Trinajstić information content (AvgIpc) is 2.98. The van der Waals surface area contributed by atoms with Gasteiger partial charge in [-0.25, -0.2) is 4.98 Å². The Hall–Kier alpha value is -2.82. The lowest BCUT2D eigenvalue weighted by atomic mass is 10.1. The van der Waals surface area contributed by atoms with Crippen LogP contribution in [0.15, 0.2) is 48.5 Å². The van der Waals surface area contributed by atoms with Crippen molar-refractivity contribution in [3.8, 4) is 28.5 Å². The Bertz CT molecular complexity index is 722. The molecule has 5 nitrogen and oxygen atoms in total. The van der Waals surface area contributed by atoms with Gasteiger partial charge in [0.15, 0.2) is 11.6 Å². The molecule has 0 unspecified atom stereocenters. The van der Waals surface area contributed by atoms with Crippen molar-refractivity contribution in [2.24, 2.45) is 0 Å². The number of aromatic nitrogens is 3. The maximum absolute atomic E-state index is 5.98. The van der Waals surface area contributed by atoms with Crippen LogP contribution in [0.2, 0.25) is 0 Å². The zero-order valence-corrected chi connectivity index (χ0v) is 11.0. The van der Waals surface area contributed by atoms with Crippen molar-refractivity contribution in [2.45, 2.75) is 0 Å². The number of anilines is 1. The smallest absolute Gasteiger partial charge is 0.181 e. The first-order chi connectivity index (χ1) is 9.78. The standard InChI is InChI=1S/C15H14N4O/c1-20-11-7-8-13(16)12(9-11)15-17-14(18-19-15)10-5-3-2-4-6-10/h2-9H,16H2,1H3,(H,17,18,19). The fraction of sp³-hybridized carbons (Fsp3) is 0.0667. The van der Waals surface area contributed by atoms with Crippen LogP contribution in [0.3, 0.4) is 0 Å². The number of ether oxygens (including phenoxy) is 1. The predicted molar refractivity (Wildman–Crippen MR) is 78.2 cm³/mol. The van der Waals surface area contributed by atoms with Crippen molar-refractivity contribution in [1.82, 2.24) is 15.2 Å². The quantitative estimate of drug-likeness (QED) is 0.715. The molecule has 1 aromatic heterocycles. The third kappa shape index (κ3) is 2.21. The van der Waals surface area contributed by atoms with Gasteiger partial charge in [-0.05, 0) is 18.2 Å². The maximum Gasteiger partial charge on any atom is 0.181 e. The lowest BCUT2D eigenvalue weighted by Crippen LogP contribution is -1.93. The molecule has 0 bridgehead atoms. The Kier molecular flexibility index (Phi) is 3.09. The van der Waals surface area contributed by atoms with Crippen LogP contribution in [-0.2, 0) is 0 Å². The number of nitrogens with one attached hydrogen (secondary N) is 1. The summed E-state index contributed by atoms with van der Waals surface area (Å²) in [6.45, 7) is 0. The Morgan fingerprint density at radius 2 is 1.90 bits per heavy atom. The van der Waals surface area contributed by atoms with Gasteiger partial charge in [-0.1, -0.05) is 30.3 Å². The number of hydrogen-bond donors (Lipinski definition) is 2. The van der Waals surface area contributed by atoms with Gasteiger partial charge in [0.25, 0.3) is 0 Å². The number of nitrogens with zero attached hydrogens (tertiary/aromatic N) is 2. The van der Waals surface area contributed by atoms with E-state index in [1.54, 1.807) is 13.2 Å². The van der Waals surface area contributed by atoms with Gasteiger partial charge >= 0.3 is 0 Å².